The summed E-state index contributed by atoms with van der Waals surface area (Å²) in [7, 11) is 1.93. The van der Waals surface area contributed by atoms with Crippen molar-refractivity contribution in [3.63, 3.8) is 0 Å². The summed E-state index contributed by atoms with van der Waals surface area (Å²) in [5, 5.41) is 11.2. The van der Waals surface area contributed by atoms with Crippen LogP contribution in [0.5, 0.6) is 0 Å². The minimum atomic E-state index is 0.714. The zero-order chi connectivity index (χ0) is 10.8. The van der Waals surface area contributed by atoms with Gasteiger partial charge in [-0.3, -0.25) is 4.68 Å². The molecule has 5 nitrogen and oxygen atoms in total. The van der Waals surface area contributed by atoms with Crippen molar-refractivity contribution in [1.29, 1.82) is 0 Å². The number of nitrogens with zero attached hydrogens (tertiary/aromatic N) is 3. The molecule has 0 saturated carbocycles. The second-order valence-corrected chi connectivity index (χ2v) is 3.56. The lowest BCUT2D eigenvalue weighted by Crippen LogP contribution is -2.01. The van der Waals surface area contributed by atoms with Crippen LogP contribution >= 0.6 is 0 Å². The molecule has 0 fully saturated rings. The molecular formula is C10H14N4O. The van der Waals surface area contributed by atoms with Gasteiger partial charge >= 0.3 is 0 Å². The molecule has 1 N–H and O–H groups in total. The molecule has 0 aromatic carbocycles. The van der Waals surface area contributed by atoms with Crippen molar-refractivity contribution in [1.82, 2.24) is 14.9 Å². The lowest BCUT2D eigenvalue weighted by Gasteiger charge is -2.01. The third-order valence-corrected chi connectivity index (χ3v) is 2.42. The Hall–Kier alpha value is -1.78. The van der Waals surface area contributed by atoms with Crippen molar-refractivity contribution in [3.05, 3.63) is 29.3 Å². The first-order chi connectivity index (χ1) is 7.16. The van der Waals surface area contributed by atoms with Gasteiger partial charge in [0.1, 0.15) is 5.76 Å². The van der Waals surface area contributed by atoms with Gasteiger partial charge in [0.15, 0.2) is 5.82 Å². The van der Waals surface area contributed by atoms with Gasteiger partial charge in [0.25, 0.3) is 0 Å². The van der Waals surface area contributed by atoms with E-state index in [9.17, 15) is 0 Å². The normalized spacial score (nSPS) is 10.6. The Morgan fingerprint density at radius 2 is 2.27 bits per heavy atom. The maximum Gasteiger partial charge on any atom is 0.169 e. The summed E-state index contributed by atoms with van der Waals surface area (Å²) in [4.78, 5) is 0. The van der Waals surface area contributed by atoms with E-state index in [1.165, 1.54) is 0 Å². The molecule has 2 aromatic rings. The Morgan fingerprint density at radius 3 is 2.80 bits per heavy atom. The van der Waals surface area contributed by atoms with E-state index in [1.807, 2.05) is 37.8 Å². The van der Waals surface area contributed by atoms with E-state index >= 15 is 0 Å². The van der Waals surface area contributed by atoms with Crippen molar-refractivity contribution >= 4 is 5.82 Å². The van der Waals surface area contributed by atoms with Crippen LogP contribution in [0.25, 0.3) is 0 Å². The number of anilines is 1. The van der Waals surface area contributed by atoms with Crippen LogP contribution in [0.2, 0.25) is 0 Å². The molecule has 0 bridgehead atoms. The third-order valence-electron chi connectivity index (χ3n) is 2.42. The lowest BCUT2D eigenvalue weighted by atomic mass is 10.2. The van der Waals surface area contributed by atoms with Gasteiger partial charge in [-0.15, -0.1) is 0 Å². The first-order valence-electron chi connectivity index (χ1n) is 4.81. The largest absolute Gasteiger partial charge is 0.363 e. The standard InChI is InChI=1S/C10H14N4O/c1-7-4-10(13-15-7)11-5-9-6-12-14(3)8(9)2/h4,6H,5H2,1-3H3,(H,11,13). The molecule has 2 rings (SSSR count). The number of hydrogen-bond acceptors (Lipinski definition) is 4. The minimum Gasteiger partial charge on any atom is -0.363 e. The molecule has 0 radical (unpaired) electrons. The summed E-state index contributed by atoms with van der Waals surface area (Å²) in [6, 6.07) is 1.87. The summed E-state index contributed by atoms with van der Waals surface area (Å²) in [5.74, 6) is 1.57. The maximum absolute atomic E-state index is 4.96. The van der Waals surface area contributed by atoms with Crippen LogP contribution in [-0.4, -0.2) is 14.9 Å². The predicted octanol–water partition coefficient (Wildman–Crippen LogP) is 1.64. The molecule has 80 valence electrons. The highest BCUT2D eigenvalue weighted by molar-refractivity contribution is 5.35. The number of aryl methyl sites for hydroxylation is 2. The molecule has 0 aliphatic rings. The highest BCUT2D eigenvalue weighted by atomic mass is 16.5. The Morgan fingerprint density at radius 1 is 1.47 bits per heavy atom. The molecular weight excluding hydrogens is 192 g/mol. The molecule has 15 heavy (non-hydrogen) atoms. The number of aromatic nitrogens is 3. The summed E-state index contributed by atoms with van der Waals surface area (Å²) < 4.78 is 6.81. The zero-order valence-corrected chi connectivity index (χ0v) is 9.11. The van der Waals surface area contributed by atoms with Crippen LogP contribution in [0.3, 0.4) is 0 Å². The van der Waals surface area contributed by atoms with E-state index in [0.29, 0.717) is 6.54 Å². The van der Waals surface area contributed by atoms with Crippen LogP contribution in [0.15, 0.2) is 16.8 Å². The second-order valence-electron chi connectivity index (χ2n) is 3.56. The Kier molecular flexibility index (Phi) is 2.45. The molecule has 0 aliphatic carbocycles. The number of nitrogens with one attached hydrogen (secondary N) is 1. The monoisotopic (exact) mass is 206 g/mol. The summed E-state index contributed by atoms with van der Waals surface area (Å²) in [6.07, 6.45) is 1.86. The first kappa shape index (κ1) is 9.76. The average Bonchev–Trinajstić information content (AvgIpc) is 2.74. The van der Waals surface area contributed by atoms with E-state index < -0.39 is 0 Å². The van der Waals surface area contributed by atoms with Gasteiger partial charge in [0.2, 0.25) is 0 Å². The zero-order valence-electron chi connectivity index (χ0n) is 9.11. The Bertz CT molecular complexity index is 458. The minimum absolute atomic E-state index is 0.714. The van der Waals surface area contributed by atoms with Crippen molar-refractivity contribution in [2.45, 2.75) is 20.4 Å². The van der Waals surface area contributed by atoms with Gasteiger partial charge in [0.05, 0.1) is 6.20 Å². The van der Waals surface area contributed by atoms with Crippen LogP contribution in [-0.2, 0) is 13.6 Å². The second kappa shape index (κ2) is 3.76. The summed E-state index contributed by atoms with van der Waals surface area (Å²) in [5.41, 5.74) is 2.32. The van der Waals surface area contributed by atoms with Gasteiger partial charge < -0.3 is 9.84 Å². The van der Waals surface area contributed by atoms with Gasteiger partial charge in [0, 0.05) is 30.9 Å². The van der Waals surface area contributed by atoms with Crippen LogP contribution in [0, 0.1) is 13.8 Å². The molecule has 5 heteroatoms. The molecule has 0 amide bonds. The van der Waals surface area contributed by atoms with E-state index in [1.54, 1.807) is 0 Å². The molecule has 2 heterocycles. The highest BCUT2D eigenvalue weighted by Crippen LogP contribution is 2.11. The predicted molar refractivity (Wildman–Crippen MR) is 56.5 cm³/mol. The van der Waals surface area contributed by atoms with Gasteiger partial charge in [-0.2, -0.15) is 5.10 Å². The average molecular weight is 206 g/mol. The van der Waals surface area contributed by atoms with Crippen LogP contribution < -0.4 is 5.32 Å². The van der Waals surface area contributed by atoms with E-state index in [-0.39, 0.29) is 0 Å². The van der Waals surface area contributed by atoms with E-state index in [0.717, 1.165) is 22.8 Å². The fraction of sp³-hybridized carbons (Fsp3) is 0.400. The SMILES string of the molecule is Cc1cc(NCc2cnn(C)c2C)no1. The van der Waals surface area contributed by atoms with Gasteiger partial charge in [-0.1, -0.05) is 5.16 Å². The Labute approximate surface area is 88.1 Å². The summed E-state index contributed by atoms with van der Waals surface area (Å²) >= 11 is 0. The number of rotatable bonds is 3. The van der Waals surface area contributed by atoms with Crippen LogP contribution in [0.4, 0.5) is 5.82 Å². The van der Waals surface area contributed by atoms with Crippen molar-refractivity contribution in [2.75, 3.05) is 5.32 Å². The van der Waals surface area contributed by atoms with Gasteiger partial charge in [-0.05, 0) is 13.8 Å². The molecule has 0 aliphatic heterocycles. The smallest absolute Gasteiger partial charge is 0.169 e. The maximum atomic E-state index is 4.96. The van der Waals surface area contributed by atoms with Crippen LogP contribution in [0.1, 0.15) is 17.0 Å². The summed E-state index contributed by atoms with van der Waals surface area (Å²) in [6.45, 7) is 4.62. The molecule has 0 atom stereocenters. The Balaban J connectivity index is 2.02. The van der Waals surface area contributed by atoms with Gasteiger partial charge in [-0.25, -0.2) is 0 Å². The van der Waals surface area contributed by atoms with Crippen molar-refractivity contribution < 1.29 is 4.52 Å². The third kappa shape index (κ3) is 2.01. The topological polar surface area (TPSA) is 55.9 Å². The fourth-order valence-corrected chi connectivity index (χ4v) is 1.35. The molecule has 0 spiro atoms. The first-order valence-corrected chi connectivity index (χ1v) is 4.81. The van der Waals surface area contributed by atoms with E-state index in [4.69, 9.17) is 4.52 Å². The fourth-order valence-electron chi connectivity index (χ4n) is 1.35. The van der Waals surface area contributed by atoms with E-state index in [2.05, 4.69) is 15.6 Å². The molecule has 0 saturated heterocycles. The lowest BCUT2D eigenvalue weighted by molar-refractivity contribution is 0.399. The van der Waals surface area contributed by atoms with Crippen molar-refractivity contribution in [2.24, 2.45) is 7.05 Å². The van der Waals surface area contributed by atoms with Crippen molar-refractivity contribution in [3.8, 4) is 0 Å². The number of hydrogen-bond donors (Lipinski definition) is 1. The highest BCUT2D eigenvalue weighted by Gasteiger charge is 2.04. The molecule has 2 aromatic heterocycles. The molecule has 0 unspecified atom stereocenters. The quantitative estimate of drug-likeness (QED) is 0.829.